The van der Waals surface area contributed by atoms with Gasteiger partial charge in [0.1, 0.15) is 0 Å². The van der Waals surface area contributed by atoms with E-state index in [0.717, 1.165) is 19.5 Å². The zero-order valence-electron chi connectivity index (χ0n) is 12.2. The van der Waals surface area contributed by atoms with Crippen LogP contribution in [0.25, 0.3) is 0 Å². The van der Waals surface area contributed by atoms with Gasteiger partial charge in [-0.05, 0) is 26.2 Å². The predicted octanol–water partition coefficient (Wildman–Crippen LogP) is 1.26. The van der Waals surface area contributed by atoms with Gasteiger partial charge in [-0.15, -0.1) is 0 Å². The summed E-state index contributed by atoms with van der Waals surface area (Å²) in [4.78, 5) is 27.2. The normalized spacial score (nSPS) is 30.6. The number of rotatable bonds is 3. The van der Waals surface area contributed by atoms with Crippen LogP contribution in [-0.2, 0) is 9.53 Å². The Labute approximate surface area is 119 Å². The number of carbonyl (C=O) groups excluding carboxylic acids is 1. The highest BCUT2D eigenvalue weighted by atomic mass is 16.5. The van der Waals surface area contributed by atoms with Crippen LogP contribution in [0.5, 0.6) is 0 Å². The molecular formula is C14H24N2O4. The summed E-state index contributed by atoms with van der Waals surface area (Å²) in [6.45, 7) is 4.70. The van der Waals surface area contributed by atoms with Crippen molar-refractivity contribution in [2.24, 2.45) is 11.8 Å². The van der Waals surface area contributed by atoms with Crippen molar-refractivity contribution in [1.82, 2.24) is 9.80 Å². The second-order valence-electron chi connectivity index (χ2n) is 5.94. The lowest BCUT2D eigenvalue weighted by Crippen LogP contribution is -2.51. The molecule has 2 heterocycles. The number of ether oxygens (including phenoxy) is 1. The Morgan fingerprint density at radius 1 is 1.30 bits per heavy atom. The van der Waals surface area contributed by atoms with Gasteiger partial charge in [-0.1, -0.05) is 0 Å². The minimum atomic E-state index is -0.745. The minimum Gasteiger partial charge on any atom is -0.481 e. The SMILES string of the molecule is COCC1CCN(C(=O)N2CCC(C(=O)O)CC2C)C1. The van der Waals surface area contributed by atoms with E-state index in [4.69, 9.17) is 9.84 Å². The van der Waals surface area contributed by atoms with Crippen molar-refractivity contribution in [2.45, 2.75) is 32.2 Å². The lowest BCUT2D eigenvalue weighted by atomic mass is 9.92. The van der Waals surface area contributed by atoms with Crippen molar-refractivity contribution in [3.63, 3.8) is 0 Å². The number of carboxylic acid groups (broad SMARTS) is 1. The summed E-state index contributed by atoms with van der Waals surface area (Å²) in [5, 5.41) is 9.06. The minimum absolute atomic E-state index is 0.00109. The number of amides is 2. The van der Waals surface area contributed by atoms with Crippen LogP contribution in [0.15, 0.2) is 0 Å². The fourth-order valence-electron chi connectivity index (χ4n) is 3.24. The number of methoxy groups -OCH3 is 1. The first-order chi connectivity index (χ1) is 9.52. The standard InChI is InChI=1S/C14H24N2O4/c1-10-7-12(13(17)18)4-6-16(10)14(19)15-5-3-11(8-15)9-20-2/h10-12H,3-9H2,1-2H3,(H,17,18). The van der Waals surface area contributed by atoms with Crippen LogP contribution >= 0.6 is 0 Å². The van der Waals surface area contributed by atoms with Crippen molar-refractivity contribution in [3.8, 4) is 0 Å². The molecule has 2 aliphatic rings. The third-order valence-electron chi connectivity index (χ3n) is 4.43. The fraction of sp³-hybridized carbons (Fsp3) is 0.857. The van der Waals surface area contributed by atoms with Crippen molar-refractivity contribution in [1.29, 1.82) is 0 Å². The number of hydrogen-bond donors (Lipinski definition) is 1. The van der Waals surface area contributed by atoms with Crippen LogP contribution in [0.4, 0.5) is 4.79 Å². The van der Waals surface area contributed by atoms with Gasteiger partial charge in [0.25, 0.3) is 0 Å². The monoisotopic (exact) mass is 284 g/mol. The van der Waals surface area contributed by atoms with Gasteiger partial charge in [0.15, 0.2) is 0 Å². The molecule has 0 radical (unpaired) electrons. The first kappa shape index (κ1) is 15.1. The van der Waals surface area contributed by atoms with Crippen molar-refractivity contribution >= 4 is 12.0 Å². The van der Waals surface area contributed by atoms with Gasteiger partial charge in [-0.25, -0.2) is 4.79 Å². The predicted molar refractivity (Wildman–Crippen MR) is 73.5 cm³/mol. The first-order valence-corrected chi connectivity index (χ1v) is 7.30. The Kier molecular flexibility index (Phi) is 4.86. The first-order valence-electron chi connectivity index (χ1n) is 7.30. The van der Waals surface area contributed by atoms with Crippen molar-refractivity contribution in [2.75, 3.05) is 33.4 Å². The average molecular weight is 284 g/mol. The molecule has 0 saturated carbocycles. The Morgan fingerprint density at radius 3 is 2.65 bits per heavy atom. The summed E-state index contributed by atoms with van der Waals surface area (Å²) >= 11 is 0. The molecular weight excluding hydrogens is 260 g/mol. The van der Waals surface area contributed by atoms with Crippen molar-refractivity contribution < 1.29 is 19.4 Å². The Bertz CT molecular complexity index is 374. The molecule has 2 aliphatic heterocycles. The van der Waals surface area contributed by atoms with Gasteiger partial charge in [-0.3, -0.25) is 4.79 Å². The smallest absolute Gasteiger partial charge is 0.320 e. The number of likely N-dealkylation sites (tertiary alicyclic amines) is 2. The molecule has 2 rings (SSSR count). The van der Waals surface area contributed by atoms with E-state index in [1.54, 1.807) is 7.11 Å². The summed E-state index contributed by atoms with van der Waals surface area (Å²) in [6, 6.07) is 0.0544. The molecule has 0 bridgehead atoms. The van der Waals surface area contributed by atoms with E-state index in [2.05, 4.69) is 0 Å². The van der Waals surface area contributed by atoms with E-state index < -0.39 is 5.97 Å². The highest BCUT2D eigenvalue weighted by Gasteiger charge is 2.36. The third-order valence-corrected chi connectivity index (χ3v) is 4.43. The summed E-state index contributed by atoms with van der Waals surface area (Å²) in [7, 11) is 1.68. The fourth-order valence-corrected chi connectivity index (χ4v) is 3.24. The third kappa shape index (κ3) is 3.23. The number of carboxylic acids is 1. The lowest BCUT2D eigenvalue weighted by molar-refractivity contribution is -0.143. The zero-order chi connectivity index (χ0) is 14.7. The molecule has 114 valence electrons. The molecule has 0 aromatic carbocycles. The summed E-state index contributed by atoms with van der Waals surface area (Å²) in [5.41, 5.74) is 0. The van der Waals surface area contributed by atoms with E-state index in [-0.39, 0.29) is 18.0 Å². The highest BCUT2D eigenvalue weighted by molar-refractivity contribution is 5.76. The average Bonchev–Trinajstić information content (AvgIpc) is 2.87. The number of urea groups is 1. The van der Waals surface area contributed by atoms with E-state index in [9.17, 15) is 9.59 Å². The van der Waals surface area contributed by atoms with Gasteiger partial charge in [0, 0.05) is 38.7 Å². The molecule has 0 spiro atoms. The van der Waals surface area contributed by atoms with Gasteiger partial charge >= 0.3 is 12.0 Å². The van der Waals surface area contributed by atoms with Crippen LogP contribution in [0.3, 0.4) is 0 Å². The molecule has 6 nitrogen and oxygen atoms in total. The van der Waals surface area contributed by atoms with Crippen molar-refractivity contribution in [3.05, 3.63) is 0 Å². The molecule has 0 aliphatic carbocycles. The largest absolute Gasteiger partial charge is 0.481 e. The maximum Gasteiger partial charge on any atom is 0.320 e. The van der Waals surface area contributed by atoms with Gasteiger partial charge in [0.05, 0.1) is 12.5 Å². The summed E-state index contributed by atoms with van der Waals surface area (Å²) in [6.07, 6.45) is 2.09. The number of hydrogen-bond acceptors (Lipinski definition) is 3. The summed E-state index contributed by atoms with van der Waals surface area (Å²) in [5.74, 6) is -0.630. The van der Waals surface area contributed by atoms with Crippen LogP contribution in [0, 0.1) is 11.8 Å². The topological polar surface area (TPSA) is 70.1 Å². The molecule has 2 saturated heterocycles. The molecule has 20 heavy (non-hydrogen) atoms. The highest BCUT2D eigenvalue weighted by Crippen LogP contribution is 2.26. The second-order valence-corrected chi connectivity index (χ2v) is 5.94. The van der Waals surface area contributed by atoms with Gasteiger partial charge in [-0.2, -0.15) is 0 Å². The Morgan fingerprint density at radius 2 is 2.05 bits per heavy atom. The number of aliphatic carboxylic acids is 1. The summed E-state index contributed by atoms with van der Waals surface area (Å²) < 4.78 is 5.14. The molecule has 3 unspecified atom stereocenters. The quantitative estimate of drug-likeness (QED) is 0.847. The molecule has 2 amide bonds. The molecule has 1 N–H and O–H groups in total. The Hall–Kier alpha value is -1.30. The van der Waals surface area contributed by atoms with Crippen LogP contribution in [0.1, 0.15) is 26.2 Å². The van der Waals surface area contributed by atoms with E-state index in [0.29, 0.717) is 31.9 Å². The molecule has 3 atom stereocenters. The maximum absolute atomic E-state index is 12.5. The van der Waals surface area contributed by atoms with Gasteiger partial charge < -0.3 is 19.6 Å². The lowest BCUT2D eigenvalue weighted by Gasteiger charge is -2.38. The number of nitrogens with zero attached hydrogens (tertiary/aromatic N) is 2. The molecule has 0 aromatic rings. The van der Waals surface area contributed by atoms with Crippen LogP contribution < -0.4 is 0 Å². The van der Waals surface area contributed by atoms with E-state index in [1.807, 2.05) is 16.7 Å². The maximum atomic E-state index is 12.5. The van der Waals surface area contributed by atoms with E-state index in [1.165, 1.54) is 0 Å². The molecule has 0 aromatic heterocycles. The second kappa shape index (κ2) is 6.43. The number of carbonyl (C=O) groups is 2. The van der Waals surface area contributed by atoms with Crippen LogP contribution in [-0.4, -0.2) is 66.3 Å². The molecule has 2 fully saturated rings. The van der Waals surface area contributed by atoms with E-state index >= 15 is 0 Å². The van der Waals surface area contributed by atoms with Gasteiger partial charge in [0.2, 0.25) is 0 Å². The molecule has 6 heteroatoms. The van der Waals surface area contributed by atoms with Crippen LogP contribution in [0.2, 0.25) is 0 Å². The number of piperidine rings is 1. The Balaban J connectivity index is 1.89. The zero-order valence-corrected chi connectivity index (χ0v) is 12.2.